The maximum atomic E-state index is 9.17. The first kappa shape index (κ1) is 23.2. The number of aryl methyl sites for hydroxylation is 1. The van der Waals surface area contributed by atoms with Gasteiger partial charge in [0.05, 0.1) is 23.3 Å². The molecule has 0 aliphatic rings. The average Bonchev–Trinajstić information content (AvgIpc) is 2.88. The van der Waals surface area contributed by atoms with E-state index in [1.165, 1.54) is 0 Å². The van der Waals surface area contributed by atoms with Gasteiger partial charge in [-0.2, -0.15) is 10.5 Å². The summed E-state index contributed by atoms with van der Waals surface area (Å²) in [5.41, 5.74) is 15.0. The van der Waals surface area contributed by atoms with Gasteiger partial charge in [-0.1, -0.05) is 48.5 Å². The standard InChI is InChI=1S/C30H23N5/c1-19-13-25(23-7-3-5-21(14-23)17-31)9-11-27(19)20(2)35-30(34)28-12-10-26(16-29(28)33)24-8-4-6-22(15-24)18-32/h3-16,34H,33H2,1-2H3/b34-30?,35-20+. The number of hydrogen-bond acceptors (Lipinski definition) is 4. The Morgan fingerprint density at radius 1 is 0.743 bits per heavy atom. The summed E-state index contributed by atoms with van der Waals surface area (Å²) in [7, 11) is 0. The maximum Gasteiger partial charge on any atom is 0.154 e. The fraction of sp³-hybridized carbons (Fsp3) is 0.0667. The predicted octanol–water partition coefficient (Wildman–Crippen LogP) is 6.49. The summed E-state index contributed by atoms with van der Waals surface area (Å²) in [6, 6.07) is 30.7. The number of anilines is 1. The Morgan fingerprint density at radius 2 is 1.26 bits per heavy atom. The Balaban J connectivity index is 1.59. The van der Waals surface area contributed by atoms with Gasteiger partial charge in [0.25, 0.3) is 0 Å². The van der Waals surface area contributed by atoms with Gasteiger partial charge in [-0.15, -0.1) is 0 Å². The summed E-state index contributed by atoms with van der Waals surface area (Å²) in [5, 5.41) is 26.8. The molecule has 4 rings (SSSR count). The Bertz CT molecular complexity index is 1560. The fourth-order valence-corrected chi connectivity index (χ4v) is 4.03. The number of rotatable bonds is 4. The fourth-order valence-electron chi connectivity index (χ4n) is 4.03. The number of nitrogens with one attached hydrogen (secondary N) is 1. The van der Waals surface area contributed by atoms with Crippen LogP contribution in [0.15, 0.2) is 89.9 Å². The van der Waals surface area contributed by atoms with Gasteiger partial charge in [0, 0.05) is 17.0 Å². The molecule has 0 saturated carbocycles. The summed E-state index contributed by atoms with van der Waals surface area (Å²) < 4.78 is 0. The highest BCUT2D eigenvalue weighted by Crippen LogP contribution is 2.26. The number of nitrogens with zero attached hydrogens (tertiary/aromatic N) is 3. The van der Waals surface area contributed by atoms with Crippen LogP contribution in [0, 0.1) is 35.0 Å². The zero-order valence-electron chi connectivity index (χ0n) is 19.5. The Hall–Kier alpha value is -5.00. The highest BCUT2D eigenvalue weighted by molar-refractivity contribution is 6.12. The van der Waals surface area contributed by atoms with Crippen molar-refractivity contribution >= 4 is 17.2 Å². The number of amidine groups is 1. The van der Waals surface area contributed by atoms with E-state index in [0.29, 0.717) is 22.4 Å². The molecule has 5 heteroatoms. The van der Waals surface area contributed by atoms with Gasteiger partial charge < -0.3 is 5.73 Å². The lowest BCUT2D eigenvalue weighted by Gasteiger charge is -2.11. The molecule has 35 heavy (non-hydrogen) atoms. The predicted molar refractivity (Wildman–Crippen MR) is 141 cm³/mol. The second-order valence-electron chi connectivity index (χ2n) is 8.26. The maximum absolute atomic E-state index is 9.17. The molecule has 0 aliphatic carbocycles. The van der Waals surface area contributed by atoms with Gasteiger partial charge in [0.15, 0.2) is 5.84 Å². The summed E-state index contributed by atoms with van der Waals surface area (Å²) >= 11 is 0. The molecule has 4 aromatic rings. The lowest BCUT2D eigenvalue weighted by Crippen LogP contribution is -2.06. The molecule has 0 atom stereocenters. The third-order valence-electron chi connectivity index (χ3n) is 5.85. The molecule has 0 spiro atoms. The molecular weight excluding hydrogens is 430 g/mol. The first-order valence-electron chi connectivity index (χ1n) is 11.1. The van der Waals surface area contributed by atoms with Crippen molar-refractivity contribution in [3.05, 3.63) is 113 Å². The van der Waals surface area contributed by atoms with Gasteiger partial charge in [0.1, 0.15) is 0 Å². The van der Waals surface area contributed by atoms with Crippen molar-refractivity contribution in [3.8, 4) is 34.4 Å². The topological polar surface area (TPSA) is 110 Å². The molecule has 168 valence electrons. The van der Waals surface area contributed by atoms with Crippen molar-refractivity contribution in [1.29, 1.82) is 15.9 Å². The number of nitrogen functional groups attached to an aromatic ring is 1. The molecule has 0 aliphatic heterocycles. The van der Waals surface area contributed by atoms with E-state index in [4.69, 9.17) is 21.7 Å². The second kappa shape index (κ2) is 9.87. The first-order chi connectivity index (χ1) is 16.9. The van der Waals surface area contributed by atoms with Crippen molar-refractivity contribution in [3.63, 3.8) is 0 Å². The van der Waals surface area contributed by atoms with E-state index in [-0.39, 0.29) is 5.84 Å². The van der Waals surface area contributed by atoms with Gasteiger partial charge in [-0.3, -0.25) is 5.41 Å². The lowest BCUT2D eigenvalue weighted by molar-refractivity contribution is 1.38. The Labute approximate surface area is 204 Å². The number of benzene rings is 4. The first-order valence-corrected chi connectivity index (χ1v) is 11.1. The Kier molecular flexibility index (Phi) is 6.53. The Morgan fingerprint density at radius 3 is 1.77 bits per heavy atom. The van der Waals surface area contributed by atoms with E-state index in [1.54, 1.807) is 24.3 Å². The second-order valence-corrected chi connectivity index (χ2v) is 8.26. The van der Waals surface area contributed by atoms with E-state index < -0.39 is 0 Å². The zero-order chi connectivity index (χ0) is 24.9. The molecule has 0 unspecified atom stereocenters. The summed E-state index contributed by atoms with van der Waals surface area (Å²) in [6.45, 7) is 3.89. The van der Waals surface area contributed by atoms with Crippen LogP contribution >= 0.6 is 0 Å². The molecule has 0 saturated heterocycles. The van der Waals surface area contributed by atoms with Gasteiger partial charge in [-0.05, 0) is 83.6 Å². The van der Waals surface area contributed by atoms with Crippen LogP contribution in [0.25, 0.3) is 22.3 Å². The summed E-state index contributed by atoms with van der Waals surface area (Å²) in [4.78, 5) is 4.53. The van der Waals surface area contributed by atoms with Crippen molar-refractivity contribution in [1.82, 2.24) is 0 Å². The quantitative estimate of drug-likeness (QED) is 0.209. The van der Waals surface area contributed by atoms with E-state index in [2.05, 4.69) is 23.2 Å². The number of aliphatic imine (C=N–C) groups is 1. The third kappa shape index (κ3) is 5.00. The molecule has 3 N–H and O–H groups in total. The van der Waals surface area contributed by atoms with Crippen LogP contribution in [-0.4, -0.2) is 11.5 Å². The van der Waals surface area contributed by atoms with Gasteiger partial charge in [0.2, 0.25) is 0 Å². The number of nitriles is 2. The van der Waals surface area contributed by atoms with Crippen LogP contribution < -0.4 is 5.73 Å². The number of hydrogen-bond donors (Lipinski definition) is 2. The third-order valence-corrected chi connectivity index (χ3v) is 5.85. The number of nitrogens with two attached hydrogens (primary N) is 1. The molecule has 0 radical (unpaired) electrons. The molecule has 5 nitrogen and oxygen atoms in total. The van der Waals surface area contributed by atoms with Crippen molar-refractivity contribution in [2.75, 3.05) is 5.73 Å². The molecule has 0 fully saturated rings. The molecule has 0 aromatic heterocycles. The van der Waals surface area contributed by atoms with E-state index in [0.717, 1.165) is 39.1 Å². The zero-order valence-corrected chi connectivity index (χ0v) is 19.5. The van der Waals surface area contributed by atoms with Crippen LogP contribution in [-0.2, 0) is 0 Å². The molecule has 4 aromatic carbocycles. The normalized spacial score (nSPS) is 10.9. The molecule has 0 bridgehead atoms. The van der Waals surface area contributed by atoms with Crippen molar-refractivity contribution in [2.45, 2.75) is 13.8 Å². The van der Waals surface area contributed by atoms with E-state index in [9.17, 15) is 0 Å². The van der Waals surface area contributed by atoms with Crippen LogP contribution in [0.4, 0.5) is 5.69 Å². The van der Waals surface area contributed by atoms with Crippen LogP contribution in [0.3, 0.4) is 0 Å². The lowest BCUT2D eigenvalue weighted by atomic mass is 9.97. The molecular formula is C30H23N5. The minimum atomic E-state index is 0.0857. The highest BCUT2D eigenvalue weighted by Gasteiger charge is 2.11. The van der Waals surface area contributed by atoms with Crippen LogP contribution in [0.5, 0.6) is 0 Å². The van der Waals surface area contributed by atoms with Gasteiger partial charge in [-0.25, -0.2) is 4.99 Å². The summed E-state index contributed by atoms with van der Waals surface area (Å²) in [5.74, 6) is 0.0857. The minimum Gasteiger partial charge on any atom is -0.398 e. The SMILES string of the molecule is C/C(=N\C(=N)c1ccc(-c2cccc(C#N)c2)cc1N)c1ccc(-c2cccc(C#N)c2)cc1C. The monoisotopic (exact) mass is 453 g/mol. The molecule has 0 amide bonds. The van der Waals surface area contributed by atoms with Crippen LogP contribution in [0.1, 0.15) is 34.7 Å². The van der Waals surface area contributed by atoms with E-state index >= 15 is 0 Å². The van der Waals surface area contributed by atoms with Gasteiger partial charge >= 0.3 is 0 Å². The van der Waals surface area contributed by atoms with Crippen LogP contribution in [0.2, 0.25) is 0 Å². The highest BCUT2D eigenvalue weighted by atomic mass is 14.8. The minimum absolute atomic E-state index is 0.0857. The van der Waals surface area contributed by atoms with Crippen molar-refractivity contribution < 1.29 is 0 Å². The summed E-state index contributed by atoms with van der Waals surface area (Å²) in [6.07, 6.45) is 0. The molecule has 0 heterocycles. The van der Waals surface area contributed by atoms with E-state index in [1.807, 2.05) is 68.4 Å². The average molecular weight is 454 g/mol. The smallest absolute Gasteiger partial charge is 0.154 e. The van der Waals surface area contributed by atoms with Crippen molar-refractivity contribution in [2.24, 2.45) is 4.99 Å². The largest absolute Gasteiger partial charge is 0.398 e.